The van der Waals surface area contributed by atoms with Gasteiger partial charge in [0, 0.05) is 11.6 Å². The van der Waals surface area contributed by atoms with Crippen LogP contribution in [0, 0.1) is 0 Å². The summed E-state index contributed by atoms with van der Waals surface area (Å²) in [4.78, 5) is 0. The maximum Gasteiger partial charge on any atom is 0.189 e. The van der Waals surface area contributed by atoms with Crippen molar-refractivity contribution < 1.29 is 9.47 Å². The Kier molecular flexibility index (Phi) is 4.51. The van der Waals surface area contributed by atoms with E-state index in [-0.39, 0.29) is 6.79 Å². The van der Waals surface area contributed by atoms with Gasteiger partial charge < -0.3 is 15.2 Å². The van der Waals surface area contributed by atoms with Crippen molar-refractivity contribution in [3.63, 3.8) is 0 Å². The molecule has 1 rings (SSSR count). The van der Waals surface area contributed by atoms with Crippen LogP contribution in [0.3, 0.4) is 0 Å². The highest BCUT2D eigenvalue weighted by atomic mass is 79.9. The molecule has 0 spiro atoms. The van der Waals surface area contributed by atoms with Gasteiger partial charge in [0.15, 0.2) is 12.5 Å². The van der Waals surface area contributed by atoms with Crippen molar-refractivity contribution >= 4 is 33.2 Å². The maximum absolute atomic E-state index is 5.79. The summed E-state index contributed by atoms with van der Waals surface area (Å²) in [5.74, 6) is 0.558. The van der Waals surface area contributed by atoms with Gasteiger partial charge in [0.1, 0.15) is 0 Å². The first-order valence-corrected chi connectivity index (χ1v) is 5.27. The third-order valence-corrected chi connectivity index (χ3v) is 2.34. The van der Waals surface area contributed by atoms with Crippen LogP contribution in [-0.2, 0) is 4.74 Å². The quantitative estimate of drug-likeness (QED) is 0.524. The van der Waals surface area contributed by atoms with E-state index in [4.69, 9.17) is 26.8 Å². The Morgan fingerprint density at radius 3 is 2.79 bits per heavy atom. The van der Waals surface area contributed by atoms with E-state index in [1.54, 1.807) is 12.1 Å². The fourth-order valence-corrected chi connectivity index (χ4v) is 1.86. The Balaban J connectivity index is 2.75. The van der Waals surface area contributed by atoms with Crippen LogP contribution >= 0.6 is 27.5 Å². The largest absolute Gasteiger partial charge is 0.464 e. The second kappa shape index (κ2) is 5.44. The first-order chi connectivity index (χ1) is 6.65. The van der Waals surface area contributed by atoms with E-state index in [1.807, 2.05) is 6.92 Å². The van der Waals surface area contributed by atoms with Crippen LogP contribution in [0.15, 0.2) is 16.6 Å². The number of nitrogen functional groups attached to an aromatic ring is 1. The van der Waals surface area contributed by atoms with E-state index in [1.165, 1.54) is 0 Å². The summed E-state index contributed by atoms with van der Waals surface area (Å²) in [5, 5.41) is 0.568. The lowest BCUT2D eigenvalue weighted by atomic mass is 10.3. The van der Waals surface area contributed by atoms with Crippen molar-refractivity contribution in [1.82, 2.24) is 0 Å². The summed E-state index contributed by atoms with van der Waals surface area (Å²) in [6, 6.07) is 3.35. The lowest BCUT2D eigenvalue weighted by Gasteiger charge is -2.10. The third kappa shape index (κ3) is 3.04. The summed E-state index contributed by atoms with van der Waals surface area (Å²) < 4.78 is 11.1. The van der Waals surface area contributed by atoms with Gasteiger partial charge in [-0.25, -0.2) is 0 Å². The predicted octanol–water partition coefficient (Wildman–Crippen LogP) is 3.06. The summed E-state index contributed by atoms with van der Waals surface area (Å²) in [6.45, 7) is 2.68. The van der Waals surface area contributed by atoms with E-state index < -0.39 is 0 Å². The Morgan fingerprint density at radius 1 is 1.50 bits per heavy atom. The molecule has 0 bridgehead atoms. The smallest absolute Gasteiger partial charge is 0.189 e. The Labute approximate surface area is 96.3 Å². The standard InChI is InChI=1S/C9H11BrClNO2/c1-2-13-5-14-9-7(10)3-6(11)4-8(9)12/h3-4H,2,5,12H2,1H3. The normalized spacial score (nSPS) is 10.2. The number of hydrogen-bond acceptors (Lipinski definition) is 3. The van der Waals surface area contributed by atoms with Gasteiger partial charge in [-0.2, -0.15) is 0 Å². The van der Waals surface area contributed by atoms with Gasteiger partial charge in [-0.15, -0.1) is 0 Å². The zero-order valence-corrected chi connectivity index (χ0v) is 10.1. The van der Waals surface area contributed by atoms with Gasteiger partial charge in [0.2, 0.25) is 0 Å². The summed E-state index contributed by atoms with van der Waals surface area (Å²) >= 11 is 9.09. The molecule has 0 aliphatic carbocycles. The number of nitrogens with two attached hydrogens (primary N) is 1. The molecule has 2 N–H and O–H groups in total. The second-order valence-corrected chi connectivity index (χ2v) is 3.85. The molecule has 14 heavy (non-hydrogen) atoms. The van der Waals surface area contributed by atoms with E-state index in [0.29, 0.717) is 23.1 Å². The SMILES string of the molecule is CCOCOc1c(N)cc(Cl)cc1Br. The average Bonchev–Trinajstić information content (AvgIpc) is 2.09. The van der Waals surface area contributed by atoms with Gasteiger partial charge in [0.05, 0.1) is 10.2 Å². The predicted molar refractivity (Wildman–Crippen MR) is 60.7 cm³/mol. The molecule has 0 saturated carbocycles. The minimum atomic E-state index is 0.181. The van der Waals surface area contributed by atoms with Crippen LogP contribution in [0.5, 0.6) is 5.75 Å². The molecular formula is C9H11BrClNO2. The number of hydrogen-bond donors (Lipinski definition) is 1. The van der Waals surface area contributed by atoms with Crippen molar-refractivity contribution in [3.05, 3.63) is 21.6 Å². The van der Waals surface area contributed by atoms with E-state index >= 15 is 0 Å². The Hall–Kier alpha value is -0.450. The molecule has 0 saturated heterocycles. The van der Waals surface area contributed by atoms with Crippen LogP contribution in [-0.4, -0.2) is 13.4 Å². The molecule has 5 heteroatoms. The lowest BCUT2D eigenvalue weighted by molar-refractivity contribution is 0.0224. The van der Waals surface area contributed by atoms with Crippen LogP contribution in [0.25, 0.3) is 0 Å². The molecule has 0 heterocycles. The van der Waals surface area contributed by atoms with E-state index in [2.05, 4.69) is 15.9 Å². The molecule has 0 aliphatic rings. The molecule has 0 fully saturated rings. The molecular weight excluding hydrogens is 269 g/mol. The van der Waals surface area contributed by atoms with Crippen LogP contribution < -0.4 is 10.5 Å². The number of benzene rings is 1. The summed E-state index contributed by atoms with van der Waals surface area (Å²) in [7, 11) is 0. The van der Waals surface area contributed by atoms with Gasteiger partial charge >= 0.3 is 0 Å². The number of halogens is 2. The minimum Gasteiger partial charge on any atom is -0.464 e. The van der Waals surface area contributed by atoms with Crippen molar-refractivity contribution in [3.8, 4) is 5.75 Å². The fraction of sp³-hybridized carbons (Fsp3) is 0.333. The molecule has 1 aromatic rings. The molecule has 0 radical (unpaired) electrons. The van der Waals surface area contributed by atoms with Gasteiger partial charge in [-0.1, -0.05) is 11.6 Å². The monoisotopic (exact) mass is 279 g/mol. The highest BCUT2D eigenvalue weighted by molar-refractivity contribution is 9.10. The van der Waals surface area contributed by atoms with Gasteiger partial charge in [-0.05, 0) is 35.0 Å². The first-order valence-electron chi connectivity index (χ1n) is 4.10. The number of ether oxygens (including phenoxy) is 2. The molecule has 0 aromatic heterocycles. The highest BCUT2D eigenvalue weighted by Crippen LogP contribution is 2.34. The molecule has 1 aromatic carbocycles. The Morgan fingerprint density at radius 2 is 2.21 bits per heavy atom. The average molecular weight is 281 g/mol. The number of rotatable bonds is 4. The topological polar surface area (TPSA) is 44.5 Å². The lowest BCUT2D eigenvalue weighted by Crippen LogP contribution is -2.04. The molecule has 3 nitrogen and oxygen atoms in total. The molecule has 78 valence electrons. The van der Waals surface area contributed by atoms with Crippen molar-refractivity contribution in [2.45, 2.75) is 6.92 Å². The zero-order chi connectivity index (χ0) is 10.6. The zero-order valence-electron chi connectivity index (χ0n) is 7.72. The molecule has 0 atom stereocenters. The summed E-state index contributed by atoms with van der Waals surface area (Å²) in [6.07, 6.45) is 0. The van der Waals surface area contributed by atoms with Crippen molar-refractivity contribution in [2.75, 3.05) is 19.1 Å². The van der Waals surface area contributed by atoms with Crippen LogP contribution in [0.2, 0.25) is 5.02 Å². The highest BCUT2D eigenvalue weighted by Gasteiger charge is 2.07. The minimum absolute atomic E-state index is 0.181. The third-order valence-electron chi connectivity index (χ3n) is 1.53. The van der Waals surface area contributed by atoms with E-state index in [0.717, 1.165) is 4.47 Å². The summed E-state index contributed by atoms with van der Waals surface area (Å²) in [5.41, 5.74) is 6.20. The first kappa shape index (κ1) is 11.6. The maximum atomic E-state index is 5.79. The molecule has 0 aliphatic heterocycles. The van der Waals surface area contributed by atoms with E-state index in [9.17, 15) is 0 Å². The Bertz CT molecular complexity index is 297. The molecule has 0 unspecified atom stereocenters. The molecule has 0 amide bonds. The van der Waals surface area contributed by atoms with Crippen molar-refractivity contribution in [1.29, 1.82) is 0 Å². The van der Waals surface area contributed by atoms with Crippen LogP contribution in [0.4, 0.5) is 5.69 Å². The number of anilines is 1. The fourth-order valence-electron chi connectivity index (χ4n) is 0.916. The van der Waals surface area contributed by atoms with Gasteiger partial charge in [0.25, 0.3) is 0 Å². The van der Waals surface area contributed by atoms with Crippen LogP contribution in [0.1, 0.15) is 6.92 Å². The second-order valence-electron chi connectivity index (χ2n) is 2.56. The van der Waals surface area contributed by atoms with Gasteiger partial charge in [-0.3, -0.25) is 0 Å². The van der Waals surface area contributed by atoms with Crippen molar-refractivity contribution in [2.24, 2.45) is 0 Å².